The van der Waals surface area contributed by atoms with Gasteiger partial charge >= 0.3 is 0 Å². The van der Waals surface area contributed by atoms with Gasteiger partial charge in [0.15, 0.2) is 6.54 Å². The molecule has 2 heterocycles. The molecule has 1 amide bonds. The Morgan fingerprint density at radius 1 is 1.19 bits per heavy atom. The van der Waals surface area contributed by atoms with Crippen molar-refractivity contribution in [3.05, 3.63) is 56.2 Å². The number of benzene rings is 1. The van der Waals surface area contributed by atoms with Gasteiger partial charge in [-0.3, -0.25) is 4.79 Å². The summed E-state index contributed by atoms with van der Waals surface area (Å²) in [5, 5.41) is 6.38. The van der Waals surface area contributed by atoms with E-state index in [1.165, 1.54) is 9.78 Å². The first-order chi connectivity index (χ1) is 12.5. The van der Waals surface area contributed by atoms with Crippen molar-refractivity contribution in [3.8, 4) is 0 Å². The van der Waals surface area contributed by atoms with E-state index in [0.717, 1.165) is 38.3 Å². The summed E-state index contributed by atoms with van der Waals surface area (Å²) < 4.78 is 0. The fraction of sp³-hybridized carbons (Fsp3) is 0.421. The Labute approximate surface area is 168 Å². The second kappa shape index (κ2) is 9.20. The predicted octanol–water partition coefficient (Wildman–Crippen LogP) is 1.22. The largest absolute Gasteiger partial charge is 0.345 e. The summed E-state index contributed by atoms with van der Waals surface area (Å²) in [6.07, 6.45) is 0. The van der Waals surface area contributed by atoms with E-state index >= 15 is 0 Å². The Morgan fingerprint density at radius 2 is 1.92 bits per heavy atom. The fourth-order valence-corrected chi connectivity index (χ4v) is 4.77. The van der Waals surface area contributed by atoms with Gasteiger partial charge in [0.05, 0.1) is 10.9 Å². The molecular weight excluding hydrogens is 389 g/mol. The highest BCUT2D eigenvalue weighted by atomic mass is 35.5. The highest BCUT2D eigenvalue weighted by Gasteiger charge is 2.25. The molecule has 2 aromatic rings. The molecule has 0 radical (unpaired) electrons. The molecule has 0 aliphatic carbocycles. The minimum atomic E-state index is -0.127. The van der Waals surface area contributed by atoms with E-state index in [4.69, 9.17) is 23.2 Å². The minimum Gasteiger partial charge on any atom is -0.345 e. The van der Waals surface area contributed by atoms with Gasteiger partial charge in [0, 0.05) is 10.0 Å². The molecule has 1 aromatic heterocycles. The van der Waals surface area contributed by atoms with E-state index < -0.39 is 0 Å². The lowest BCUT2D eigenvalue weighted by Crippen LogP contribution is -3.28. The van der Waals surface area contributed by atoms with Gasteiger partial charge in [-0.2, -0.15) is 0 Å². The zero-order valence-corrected chi connectivity index (χ0v) is 17.2. The molecule has 140 valence electrons. The van der Waals surface area contributed by atoms with Crippen LogP contribution in [0.4, 0.5) is 0 Å². The van der Waals surface area contributed by atoms with Crippen LogP contribution in [0.3, 0.4) is 0 Å². The standard InChI is InChI=1S/C19H23Cl2N3OS/c1-14(17-5-4-15(20)11-18(17)21)22-19(25)13-24-8-6-23(7-9-24)12-16-3-2-10-26-16/h2-5,10-11,14H,6-9,12-13H2,1H3,(H,22,25)/p+2/t14-/m1/s1. The van der Waals surface area contributed by atoms with Crippen LogP contribution in [-0.2, 0) is 11.3 Å². The summed E-state index contributed by atoms with van der Waals surface area (Å²) in [5.41, 5.74) is 0.893. The Hall–Kier alpha value is -1.11. The van der Waals surface area contributed by atoms with Gasteiger partial charge in [-0.25, -0.2) is 0 Å². The number of rotatable bonds is 6. The van der Waals surface area contributed by atoms with Crippen LogP contribution in [0.25, 0.3) is 0 Å². The third-order valence-electron chi connectivity index (χ3n) is 4.89. The van der Waals surface area contributed by atoms with Gasteiger partial charge in [-0.1, -0.05) is 35.3 Å². The lowest BCUT2D eigenvalue weighted by molar-refractivity contribution is -1.01. The summed E-state index contributed by atoms with van der Waals surface area (Å²) in [4.78, 5) is 16.8. The van der Waals surface area contributed by atoms with Gasteiger partial charge < -0.3 is 15.1 Å². The lowest BCUT2D eigenvalue weighted by atomic mass is 10.1. The van der Waals surface area contributed by atoms with Crippen LogP contribution in [0.15, 0.2) is 35.7 Å². The van der Waals surface area contributed by atoms with Crippen LogP contribution in [0.2, 0.25) is 10.0 Å². The molecular formula is C19H25Cl2N3OS+2. The predicted molar refractivity (Wildman–Crippen MR) is 107 cm³/mol. The van der Waals surface area contributed by atoms with Crippen molar-refractivity contribution in [2.75, 3.05) is 32.7 Å². The molecule has 1 aromatic carbocycles. The van der Waals surface area contributed by atoms with Crippen LogP contribution in [-0.4, -0.2) is 38.6 Å². The number of carbonyl (C=O) groups excluding carboxylic acids is 1. The number of thiophene rings is 1. The number of amides is 1. The van der Waals surface area contributed by atoms with Crippen molar-refractivity contribution in [3.63, 3.8) is 0 Å². The maximum Gasteiger partial charge on any atom is 0.275 e. The number of hydrogen-bond donors (Lipinski definition) is 3. The Bertz CT molecular complexity index is 730. The number of hydrogen-bond acceptors (Lipinski definition) is 2. The highest BCUT2D eigenvalue weighted by Crippen LogP contribution is 2.25. The molecule has 1 aliphatic rings. The van der Waals surface area contributed by atoms with Gasteiger partial charge in [0.2, 0.25) is 0 Å². The zero-order chi connectivity index (χ0) is 18.5. The first-order valence-corrected chi connectivity index (χ1v) is 10.6. The van der Waals surface area contributed by atoms with Gasteiger partial charge in [0.1, 0.15) is 32.7 Å². The summed E-state index contributed by atoms with van der Waals surface area (Å²) in [6, 6.07) is 9.56. The Kier molecular flexibility index (Phi) is 6.95. The van der Waals surface area contributed by atoms with Crippen molar-refractivity contribution in [2.45, 2.75) is 19.5 Å². The molecule has 1 aliphatic heterocycles. The van der Waals surface area contributed by atoms with Crippen molar-refractivity contribution in [1.29, 1.82) is 0 Å². The highest BCUT2D eigenvalue weighted by molar-refractivity contribution is 7.09. The van der Waals surface area contributed by atoms with Crippen LogP contribution < -0.4 is 15.1 Å². The number of piperazine rings is 1. The van der Waals surface area contributed by atoms with E-state index in [2.05, 4.69) is 22.8 Å². The molecule has 7 heteroatoms. The average Bonchev–Trinajstić information content (AvgIpc) is 3.09. The average molecular weight is 414 g/mol. The quantitative estimate of drug-likeness (QED) is 0.654. The molecule has 26 heavy (non-hydrogen) atoms. The van der Waals surface area contributed by atoms with E-state index in [9.17, 15) is 4.79 Å². The van der Waals surface area contributed by atoms with Gasteiger partial charge in [0.25, 0.3) is 5.91 Å². The smallest absolute Gasteiger partial charge is 0.275 e. The van der Waals surface area contributed by atoms with E-state index in [1.807, 2.05) is 24.3 Å². The van der Waals surface area contributed by atoms with E-state index in [1.54, 1.807) is 17.0 Å². The molecule has 1 saturated heterocycles. The van der Waals surface area contributed by atoms with Gasteiger partial charge in [-0.05, 0) is 36.1 Å². The van der Waals surface area contributed by atoms with Gasteiger partial charge in [-0.15, -0.1) is 11.3 Å². The van der Waals surface area contributed by atoms with Crippen molar-refractivity contribution < 1.29 is 14.6 Å². The van der Waals surface area contributed by atoms with E-state index in [-0.39, 0.29) is 11.9 Å². The summed E-state index contributed by atoms with van der Waals surface area (Å²) in [6.45, 7) is 7.85. The molecule has 3 rings (SSSR count). The second-order valence-corrected chi connectivity index (χ2v) is 8.76. The number of halogens is 2. The van der Waals surface area contributed by atoms with Crippen LogP contribution in [0.1, 0.15) is 23.4 Å². The number of quaternary nitrogens is 2. The fourth-order valence-electron chi connectivity index (χ4n) is 3.42. The molecule has 1 fully saturated rings. The summed E-state index contributed by atoms with van der Waals surface area (Å²) in [7, 11) is 0. The summed E-state index contributed by atoms with van der Waals surface area (Å²) >= 11 is 14.0. The zero-order valence-electron chi connectivity index (χ0n) is 14.9. The summed E-state index contributed by atoms with van der Waals surface area (Å²) in [5.74, 6) is 0.0697. The maximum atomic E-state index is 12.4. The van der Waals surface area contributed by atoms with Crippen LogP contribution in [0.5, 0.6) is 0 Å². The normalized spacial score (nSPS) is 21.3. The van der Waals surface area contributed by atoms with Crippen molar-refractivity contribution in [2.24, 2.45) is 0 Å². The third kappa shape index (κ3) is 5.44. The number of carbonyl (C=O) groups is 1. The molecule has 1 atom stereocenters. The molecule has 4 nitrogen and oxygen atoms in total. The molecule has 3 N–H and O–H groups in total. The minimum absolute atomic E-state index is 0.0697. The first kappa shape index (κ1) is 19.6. The second-order valence-electron chi connectivity index (χ2n) is 6.89. The monoisotopic (exact) mass is 413 g/mol. The van der Waals surface area contributed by atoms with Crippen molar-refractivity contribution >= 4 is 40.4 Å². The lowest BCUT2D eigenvalue weighted by Gasteiger charge is -2.29. The molecule has 0 unspecified atom stereocenters. The molecule has 0 spiro atoms. The third-order valence-corrected chi connectivity index (χ3v) is 6.32. The van der Waals surface area contributed by atoms with Crippen LogP contribution >= 0.6 is 34.5 Å². The Balaban J connectivity index is 1.44. The van der Waals surface area contributed by atoms with Crippen LogP contribution in [0, 0.1) is 0 Å². The first-order valence-electron chi connectivity index (χ1n) is 8.95. The van der Waals surface area contributed by atoms with Crippen molar-refractivity contribution in [1.82, 2.24) is 5.32 Å². The Morgan fingerprint density at radius 3 is 2.58 bits per heavy atom. The molecule has 0 bridgehead atoms. The topological polar surface area (TPSA) is 38.0 Å². The van der Waals surface area contributed by atoms with E-state index in [0.29, 0.717) is 16.6 Å². The maximum absolute atomic E-state index is 12.4. The molecule has 0 saturated carbocycles. The SMILES string of the molecule is C[C@@H](NC(=O)C[NH+]1CC[NH+](Cc2cccs2)CC1)c1ccc(Cl)cc1Cl. The number of nitrogens with one attached hydrogen (secondary N) is 3.